The first kappa shape index (κ1) is 13.3. The predicted octanol–water partition coefficient (Wildman–Crippen LogP) is 1.86. The van der Waals surface area contributed by atoms with Crippen LogP contribution in [0.25, 0.3) is 0 Å². The molecule has 0 aromatic rings. The minimum Gasteiger partial charge on any atom is -0.381 e. The molecule has 0 aromatic carbocycles. The van der Waals surface area contributed by atoms with Crippen molar-refractivity contribution in [3.05, 3.63) is 0 Å². The molecule has 0 spiro atoms. The Morgan fingerprint density at radius 1 is 1.06 bits per heavy atom. The second-order valence-corrected chi connectivity index (χ2v) is 6.76. The van der Waals surface area contributed by atoms with Gasteiger partial charge < -0.3 is 15.4 Å². The molecule has 0 amide bonds. The Kier molecular flexibility index (Phi) is 4.11. The molecule has 0 unspecified atom stereocenters. The lowest BCUT2D eigenvalue weighted by Gasteiger charge is -2.44. The first-order valence-electron chi connectivity index (χ1n) is 7.06. The van der Waals surface area contributed by atoms with Gasteiger partial charge in [0.05, 0.1) is 0 Å². The topological polar surface area (TPSA) is 38.5 Å². The van der Waals surface area contributed by atoms with Crippen LogP contribution in [0.2, 0.25) is 0 Å². The number of hydrogen-bond donors (Lipinski definition) is 1. The Morgan fingerprint density at radius 3 is 2.18 bits per heavy atom. The molecule has 0 atom stereocenters. The van der Waals surface area contributed by atoms with Crippen LogP contribution in [-0.2, 0) is 4.74 Å². The Hall–Kier alpha value is -0.120. The second-order valence-electron chi connectivity index (χ2n) is 6.76. The number of hydrogen-bond acceptors (Lipinski definition) is 3. The maximum atomic E-state index is 6.03. The van der Waals surface area contributed by atoms with Crippen molar-refractivity contribution in [3.63, 3.8) is 0 Å². The van der Waals surface area contributed by atoms with Crippen LogP contribution in [0.5, 0.6) is 0 Å². The Labute approximate surface area is 106 Å². The molecule has 2 aliphatic heterocycles. The average molecular weight is 240 g/mol. The van der Waals surface area contributed by atoms with Crippen molar-refractivity contribution in [1.82, 2.24) is 4.90 Å². The molecule has 3 heteroatoms. The summed E-state index contributed by atoms with van der Waals surface area (Å²) in [4.78, 5) is 2.63. The van der Waals surface area contributed by atoms with Gasteiger partial charge in [-0.25, -0.2) is 0 Å². The first-order chi connectivity index (χ1) is 8.05. The Bertz CT molecular complexity index is 237. The van der Waals surface area contributed by atoms with Crippen LogP contribution in [0.3, 0.4) is 0 Å². The van der Waals surface area contributed by atoms with Crippen molar-refractivity contribution in [2.45, 2.75) is 39.5 Å². The van der Waals surface area contributed by atoms with E-state index in [1.807, 2.05) is 0 Å². The summed E-state index contributed by atoms with van der Waals surface area (Å²) in [5.41, 5.74) is 6.90. The molecule has 0 aliphatic carbocycles. The SMILES string of the molecule is CC1(C)CCN(CC2(CN)CCOCC2)CC1. The standard InChI is InChI=1S/C14H28N2O/c1-13(2)3-7-16(8-4-13)12-14(11-15)5-9-17-10-6-14/h3-12,15H2,1-2H3. The van der Waals surface area contributed by atoms with Crippen molar-refractivity contribution in [3.8, 4) is 0 Å². The summed E-state index contributed by atoms with van der Waals surface area (Å²) in [7, 11) is 0. The summed E-state index contributed by atoms with van der Waals surface area (Å²) in [5.74, 6) is 0. The fraction of sp³-hybridized carbons (Fsp3) is 1.00. The molecule has 3 nitrogen and oxygen atoms in total. The number of piperidine rings is 1. The Morgan fingerprint density at radius 2 is 1.65 bits per heavy atom. The smallest absolute Gasteiger partial charge is 0.0472 e. The molecule has 2 heterocycles. The van der Waals surface area contributed by atoms with Crippen molar-refractivity contribution in [1.29, 1.82) is 0 Å². The van der Waals surface area contributed by atoms with E-state index in [2.05, 4.69) is 18.7 Å². The maximum absolute atomic E-state index is 6.03. The summed E-state index contributed by atoms with van der Waals surface area (Å²) < 4.78 is 5.47. The van der Waals surface area contributed by atoms with Gasteiger partial charge in [-0.05, 0) is 56.1 Å². The molecule has 17 heavy (non-hydrogen) atoms. The molecule has 2 aliphatic rings. The van der Waals surface area contributed by atoms with Gasteiger partial charge in [-0.15, -0.1) is 0 Å². The molecule has 0 radical (unpaired) electrons. The summed E-state index contributed by atoms with van der Waals surface area (Å²) in [6.45, 7) is 11.1. The van der Waals surface area contributed by atoms with E-state index in [1.54, 1.807) is 0 Å². The number of rotatable bonds is 3. The van der Waals surface area contributed by atoms with Crippen molar-refractivity contribution < 1.29 is 4.74 Å². The van der Waals surface area contributed by atoms with E-state index < -0.39 is 0 Å². The third-order valence-electron chi connectivity index (χ3n) is 4.76. The number of likely N-dealkylation sites (tertiary alicyclic amines) is 1. The molecule has 0 saturated carbocycles. The highest BCUT2D eigenvalue weighted by molar-refractivity contribution is 4.88. The number of nitrogens with zero attached hydrogens (tertiary/aromatic N) is 1. The fourth-order valence-electron chi connectivity index (χ4n) is 3.02. The summed E-state index contributed by atoms with van der Waals surface area (Å²) >= 11 is 0. The van der Waals surface area contributed by atoms with Gasteiger partial charge in [0, 0.05) is 19.8 Å². The maximum Gasteiger partial charge on any atom is 0.0472 e. The van der Waals surface area contributed by atoms with E-state index in [4.69, 9.17) is 10.5 Å². The minimum atomic E-state index is 0.333. The quantitative estimate of drug-likeness (QED) is 0.818. The summed E-state index contributed by atoms with van der Waals surface area (Å²) in [6, 6.07) is 0. The largest absolute Gasteiger partial charge is 0.381 e. The molecule has 2 rings (SSSR count). The highest BCUT2D eigenvalue weighted by atomic mass is 16.5. The van der Waals surface area contributed by atoms with Gasteiger partial charge >= 0.3 is 0 Å². The van der Waals surface area contributed by atoms with Gasteiger partial charge in [-0.1, -0.05) is 13.8 Å². The third kappa shape index (κ3) is 3.43. The highest BCUT2D eigenvalue weighted by Gasteiger charge is 2.35. The van der Waals surface area contributed by atoms with Crippen LogP contribution >= 0.6 is 0 Å². The lowest BCUT2D eigenvalue weighted by molar-refractivity contribution is -0.00944. The van der Waals surface area contributed by atoms with E-state index in [1.165, 1.54) is 32.5 Å². The monoisotopic (exact) mass is 240 g/mol. The number of ether oxygens (including phenoxy) is 1. The van der Waals surface area contributed by atoms with E-state index >= 15 is 0 Å². The van der Waals surface area contributed by atoms with Crippen molar-refractivity contribution in [2.75, 3.05) is 39.4 Å². The molecule has 2 saturated heterocycles. The zero-order chi connectivity index (χ0) is 12.4. The lowest BCUT2D eigenvalue weighted by atomic mass is 9.77. The minimum absolute atomic E-state index is 0.333. The van der Waals surface area contributed by atoms with Crippen LogP contribution in [-0.4, -0.2) is 44.3 Å². The molecule has 0 aromatic heterocycles. The first-order valence-corrected chi connectivity index (χ1v) is 7.06. The van der Waals surface area contributed by atoms with E-state index in [-0.39, 0.29) is 0 Å². The average Bonchev–Trinajstić information content (AvgIpc) is 2.33. The third-order valence-corrected chi connectivity index (χ3v) is 4.76. The van der Waals surface area contributed by atoms with Crippen LogP contribution in [0.4, 0.5) is 0 Å². The van der Waals surface area contributed by atoms with Gasteiger partial charge in [0.1, 0.15) is 0 Å². The lowest BCUT2D eigenvalue weighted by Crippen LogP contribution is -2.49. The number of nitrogens with two attached hydrogens (primary N) is 1. The summed E-state index contributed by atoms with van der Waals surface area (Å²) in [6.07, 6.45) is 4.93. The van der Waals surface area contributed by atoms with Crippen molar-refractivity contribution >= 4 is 0 Å². The molecule has 100 valence electrons. The molecule has 2 fully saturated rings. The zero-order valence-electron chi connectivity index (χ0n) is 11.5. The van der Waals surface area contributed by atoms with Crippen molar-refractivity contribution in [2.24, 2.45) is 16.6 Å². The van der Waals surface area contributed by atoms with Crippen LogP contribution < -0.4 is 5.73 Å². The van der Waals surface area contributed by atoms with Crippen LogP contribution in [0.1, 0.15) is 39.5 Å². The normalized spacial score (nSPS) is 29.1. The molecular weight excluding hydrogens is 212 g/mol. The van der Waals surface area contributed by atoms with Gasteiger partial charge in [0.15, 0.2) is 0 Å². The zero-order valence-corrected chi connectivity index (χ0v) is 11.5. The van der Waals surface area contributed by atoms with E-state index in [9.17, 15) is 0 Å². The second kappa shape index (κ2) is 5.25. The van der Waals surface area contributed by atoms with E-state index in [0.29, 0.717) is 10.8 Å². The highest BCUT2D eigenvalue weighted by Crippen LogP contribution is 2.34. The Balaban J connectivity index is 1.87. The van der Waals surface area contributed by atoms with Gasteiger partial charge in [0.2, 0.25) is 0 Å². The predicted molar refractivity (Wildman–Crippen MR) is 71.0 cm³/mol. The molecule has 2 N–H and O–H groups in total. The van der Waals surface area contributed by atoms with Crippen LogP contribution in [0, 0.1) is 10.8 Å². The molecule has 0 bridgehead atoms. The summed E-state index contributed by atoms with van der Waals surface area (Å²) in [5, 5.41) is 0. The van der Waals surface area contributed by atoms with Gasteiger partial charge in [-0.3, -0.25) is 0 Å². The molecular formula is C14H28N2O. The van der Waals surface area contributed by atoms with E-state index in [0.717, 1.165) is 32.6 Å². The van der Waals surface area contributed by atoms with Gasteiger partial charge in [-0.2, -0.15) is 0 Å². The fourth-order valence-corrected chi connectivity index (χ4v) is 3.02. The van der Waals surface area contributed by atoms with Gasteiger partial charge in [0.25, 0.3) is 0 Å². The van der Waals surface area contributed by atoms with Crippen LogP contribution in [0.15, 0.2) is 0 Å².